The summed E-state index contributed by atoms with van der Waals surface area (Å²) < 4.78 is 13.5. The number of rotatable bonds is 6. The predicted octanol–water partition coefficient (Wildman–Crippen LogP) is 4.43. The lowest BCUT2D eigenvalue weighted by Crippen LogP contribution is -2.43. The summed E-state index contributed by atoms with van der Waals surface area (Å²) in [6.45, 7) is 8.94. The second-order valence-electron chi connectivity index (χ2n) is 7.41. The van der Waals surface area contributed by atoms with Crippen molar-refractivity contribution in [3.05, 3.63) is 90.1 Å². The molecule has 0 bridgehead atoms. The van der Waals surface area contributed by atoms with Crippen LogP contribution in [-0.4, -0.2) is 31.2 Å². The van der Waals surface area contributed by atoms with Gasteiger partial charge in [-0.3, -0.25) is 0 Å². The number of nitrogens with one attached hydrogen (secondary N) is 1. The molecule has 2 aromatic rings. The zero-order chi connectivity index (χ0) is 20.1. The molecule has 1 aliphatic carbocycles. The third kappa shape index (κ3) is 4.74. The first kappa shape index (κ1) is 19.4. The number of halogens is 1. The first-order valence-electron chi connectivity index (χ1n) is 10.2. The molecule has 4 rings (SSSR count). The van der Waals surface area contributed by atoms with Crippen LogP contribution in [-0.2, 0) is 6.54 Å². The lowest BCUT2D eigenvalue weighted by Gasteiger charge is -2.30. The van der Waals surface area contributed by atoms with E-state index in [4.69, 9.17) is 4.98 Å². The Morgan fingerprint density at radius 3 is 2.55 bits per heavy atom. The van der Waals surface area contributed by atoms with Gasteiger partial charge in [0.15, 0.2) is 0 Å². The molecular weight excluding hydrogens is 363 g/mol. The van der Waals surface area contributed by atoms with Crippen LogP contribution in [0.15, 0.2) is 78.7 Å². The van der Waals surface area contributed by atoms with Crippen LogP contribution in [0.5, 0.6) is 0 Å². The molecule has 0 radical (unpaired) electrons. The van der Waals surface area contributed by atoms with Gasteiger partial charge in [0.1, 0.15) is 11.6 Å². The standard InChI is InChI=1S/C24H27FN4/c1-19(21-5-3-2-4-6-21)29(23-10-8-22(25)9-11-23)18-20-7-12-24(27-17-20)28-15-13-26-14-16-28/h2-3,6-12,17,26H,1,4-5,13-16,18H2. The topological polar surface area (TPSA) is 31.4 Å². The summed E-state index contributed by atoms with van der Waals surface area (Å²) >= 11 is 0. The number of pyridine rings is 1. The van der Waals surface area contributed by atoms with Crippen LogP contribution < -0.4 is 15.1 Å². The van der Waals surface area contributed by atoms with E-state index < -0.39 is 0 Å². The molecule has 0 spiro atoms. The van der Waals surface area contributed by atoms with Crippen LogP contribution in [0.25, 0.3) is 0 Å². The lowest BCUT2D eigenvalue weighted by molar-refractivity contribution is 0.585. The van der Waals surface area contributed by atoms with Gasteiger partial charge in [0.25, 0.3) is 0 Å². The van der Waals surface area contributed by atoms with Gasteiger partial charge in [0.05, 0.1) is 0 Å². The third-order valence-corrected chi connectivity index (χ3v) is 5.43. The number of piperazine rings is 1. The van der Waals surface area contributed by atoms with Crippen molar-refractivity contribution in [3.63, 3.8) is 0 Å². The highest BCUT2D eigenvalue weighted by Gasteiger charge is 2.17. The number of allylic oxidation sites excluding steroid dienone is 4. The minimum absolute atomic E-state index is 0.235. The Morgan fingerprint density at radius 2 is 1.90 bits per heavy atom. The Balaban J connectivity index is 1.55. The van der Waals surface area contributed by atoms with Gasteiger partial charge in [0, 0.05) is 50.3 Å². The van der Waals surface area contributed by atoms with E-state index in [2.05, 4.69) is 52.1 Å². The molecule has 1 aromatic heterocycles. The van der Waals surface area contributed by atoms with Crippen molar-refractivity contribution in [2.45, 2.75) is 19.4 Å². The summed E-state index contributed by atoms with van der Waals surface area (Å²) in [6.07, 6.45) is 10.3. The van der Waals surface area contributed by atoms with Gasteiger partial charge < -0.3 is 15.1 Å². The summed E-state index contributed by atoms with van der Waals surface area (Å²) in [4.78, 5) is 9.14. The maximum Gasteiger partial charge on any atom is 0.128 e. The summed E-state index contributed by atoms with van der Waals surface area (Å²) in [5, 5.41) is 3.37. The van der Waals surface area contributed by atoms with Crippen molar-refractivity contribution in [2.75, 3.05) is 36.0 Å². The maximum absolute atomic E-state index is 13.5. The summed E-state index contributed by atoms with van der Waals surface area (Å²) in [5.74, 6) is 0.781. The van der Waals surface area contributed by atoms with Crippen molar-refractivity contribution >= 4 is 11.5 Å². The molecule has 29 heavy (non-hydrogen) atoms. The zero-order valence-corrected chi connectivity index (χ0v) is 16.6. The van der Waals surface area contributed by atoms with Crippen LogP contribution in [0, 0.1) is 5.82 Å². The highest BCUT2D eigenvalue weighted by Crippen LogP contribution is 2.29. The number of anilines is 2. The average molecular weight is 391 g/mol. The van der Waals surface area contributed by atoms with Gasteiger partial charge in [-0.05, 0) is 54.3 Å². The van der Waals surface area contributed by atoms with Crippen LogP contribution in [0.4, 0.5) is 15.9 Å². The molecule has 4 nitrogen and oxygen atoms in total. The summed E-state index contributed by atoms with van der Waals surface area (Å²) in [6, 6.07) is 10.8. The Labute approximate surface area is 172 Å². The van der Waals surface area contributed by atoms with Crippen LogP contribution in [0.1, 0.15) is 18.4 Å². The van der Waals surface area contributed by atoms with Crippen molar-refractivity contribution < 1.29 is 4.39 Å². The monoisotopic (exact) mass is 390 g/mol. The van der Waals surface area contributed by atoms with Crippen LogP contribution in [0.3, 0.4) is 0 Å². The van der Waals surface area contributed by atoms with Gasteiger partial charge in [-0.25, -0.2) is 9.37 Å². The van der Waals surface area contributed by atoms with Gasteiger partial charge in [-0.1, -0.05) is 30.9 Å². The van der Waals surface area contributed by atoms with Crippen molar-refractivity contribution in [1.82, 2.24) is 10.3 Å². The second kappa shape index (κ2) is 9.05. The van der Waals surface area contributed by atoms with Gasteiger partial charge in [-0.2, -0.15) is 0 Å². The predicted molar refractivity (Wildman–Crippen MR) is 117 cm³/mol. The lowest BCUT2D eigenvalue weighted by atomic mass is 10.0. The largest absolute Gasteiger partial charge is 0.354 e. The second-order valence-corrected chi connectivity index (χ2v) is 7.41. The number of hydrogen-bond donors (Lipinski definition) is 1. The molecular formula is C24H27FN4. The maximum atomic E-state index is 13.5. The zero-order valence-electron chi connectivity index (χ0n) is 16.6. The number of nitrogens with zero attached hydrogens (tertiary/aromatic N) is 3. The highest BCUT2D eigenvalue weighted by atomic mass is 19.1. The van der Waals surface area contributed by atoms with Gasteiger partial charge in [0.2, 0.25) is 0 Å². The number of aromatic nitrogens is 1. The van der Waals surface area contributed by atoms with E-state index in [9.17, 15) is 4.39 Å². The first-order chi connectivity index (χ1) is 14.2. The molecule has 150 valence electrons. The molecule has 1 N–H and O–H groups in total. The van der Waals surface area contributed by atoms with E-state index in [0.29, 0.717) is 6.54 Å². The molecule has 2 heterocycles. The highest BCUT2D eigenvalue weighted by molar-refractivity contribution is 5.57. The number of benzene rings is 1. The molecule has 0 atom stereocenters. The molecule has 1 saturated heterocycles. The van der Waals surface area contributed by atoms with Crippen molar-refractivity contribution in [3.8, 4) is 0 Å². The molecule has 1 aromatic carbocycles. The minimum Gasteiger partial charge on any atom is -0.354 e. The van der Waals surface area contributed by atoms with Gasteiger partial charge in [-0.15, -0.1) is 0 Å². The normalized spacial score (nSPS) is 16.4. The fourth-order valence-corrected chi connectivity index (χ4v) is 3.75. The Bertz CT molecular complexity index is 893. The quantitative estimate of drug-likeness (QED) is 0.740. The molecule has 0 amide bonds. The van der Waals surface area contributed by atoms with E-state index >= 15 is 0 Å². The molecule has 1 aliphatic heterocycles. The Kier molecular flexibility index (Phi) is 6.06. The molecule has 0 saturated carbocycles. The first-order valence-corrected chi connectivity index (χ1v) is 10.2. The smallest absolute Gasteiger partial charge is 0.128 e. The van der Waals surface area contributed by atoms with E-state index in [-0.39, 0.29) is 5.82 Å². The Morgan fingerprint density at radius 1 is 1.10 bits per heavy atom. The minimum atomic E-state index is -0.235. The average Bonchev–Trinajstić information content (AvgIpc) is 2.79. The van der Waals surface area contributed by atoms with E-state index in [0.717, 1.165) is 61.8 Å². The van der Waals surface area contributed by atoms with Crippen LogP contribution >= 0.6 is 0 Å². The van der Waals surface area contributed by atoms with Gasteiger partial charge >= 0.3 is 0 Å². The van der Waals surface area contributed by atoms with E-state index in [1.807, 2.05) is 18.3 Å². The molecule has 0 unspecified atom stereocenters. The van der Waals surface area contributed by atoms with Crippen molar-refractivity contribution in [2.24, 2.45) is 0 Å². The molecule has 5 heteroatoms. The summed E-state index contributed by atoms with van der Waals surface area (Å²) in [7, 11) is 0. The molecule has 1 fully saturated rings. The van der Waals surface area contributed by atoms with E-state index in [1.54, 1.807) is 0 Å². The van der Waals surface area contributed by atoms with Crippen molar-refractivity contribution in [1.29, 1.82) is 0 Å². The van der Waals surface area contributed by atoms with Crippen LogP contribution in [0.2, 0.25) is 0 Å². The summed E-state index contributed by atoms with van der Waals surface area (Å²) in [5.41, 5.74) is 4.19. The fourth-order valence-electron chi connectivity index (χ4n) is 3.75. The number of hydrogen-bond acceptors (Lipinski definition) is 4. The SMILES string of the molecule is C=C(C1=CCC=CC1)N(Cc1ccc(N2CCNCC2)nc1)c1ccc(F)cc1. The third-order valence-electron chi connectivity index (χ3n) is 5.43. The Hall–Kier alpha value is -2.92. The van der Waals surface area contributed by atoms with E-state index in [1.165, 1.54) is 17.7 Å². The molecule has 2 aliphatic rings. The fraction of sp³-hybridized carbons (Fsp3) is 0.292.